The summed E-state index contributed by atoms with van der Waals surface area (Å²) in [5.74, 6) is 2.93. The summed E-state index contributed by atoms with van der Waals surface area (Å²) in [5, 5.41) is 9.68. The number of ether oxygens (including phenoxy) is 1. The summed E-state index contributed by atoms with van der Waals surface area (Å²) in [6.07, 6.45) is 5.25. The Morgan fingerprint density at radius 3 is 2.58 bits per heavy atom. The van der Waals surface area contributed by atoms with Gasteiger partial charge in [0.05, 0.1) is 12.2 Å². The van der Waals surface area contributed by atoms with Gasteiger partial charge in [-0.15, -0.1) is 6.42 Å². The Labute approximate surface area is 141 Å². The number of nitrogens with zero attached hydrogens (tertiary/aromatic N) is 1. The van der Waals surface area contributed by atoms with E-state index in [1.54, 1.807) is 6.07 Å². The first-order valence-electron chi connectivity index (χ1n) is 7.79. The van der Waals surface area contributed by atoms with Crippen LogP contribution in [-0.2, 0) is 11.2 Å². The molecule has 1 aliphatic heterocycles. The first-order chi connectivity index (χ1) is 11.5. The van der Waals surface area contributed by atoms with Gasteiger partial charge < -0.3 is 9.84 Å². The Hall–Kier alpha value is -2.93. The van der Waals surface area contributed by atoms with E-state index in [4.69, 9.17) is 11.2 Å². The average molecular weight is 321 g/mol. The molecule has 0 saturated carbocycles. The zero-order valence-corrected chi connectivity index (χ0v) is 13.7. The van der Waals surface area contributed by atoms with Crippen LogP contribution < -0.4 is 9.64 Å². The van der Waals surface area contributed by atoms with E-state index in [-0.39, 0.29) is 18.2 Å². The highest BCUT2D eigenvalue weighted by molar-refractivity contribution is 6.00. The fourth-order valence-electron chi connectivity index (χ4n) is 3.10. The molecule has 0 bridgehead atoms. The standard InChI is InChI=1S/C20H19NO3/c1-4-7-21-17-12-16(22)5-6-18(17)24-19(20(21)23)11-15-9-13(2)8-14(3)10-15/h1,5-6,8-10,12,19,22H,7,11H2,2-3H3. The van der Waals surface area contributed by atoms with Gasteiger partial charge in [0.1, 0.15) is 11.5 Å². The van der Waals surface area contributed by atoms with Crippen LogP contribution in [0.1, 0.15) is 16.7 Å². The molecule has 0 fully saturated rings. The van der Waals surface area contributed by atoms with Crippen LogP contribution in [-0.4, -0.2) is 23.7 Å². The van der Waals surface area contributed by atoms with Gasteiger partial charge in [-0.05, 0) is 31.5 Å². The number of terminal acetylenes is 1. The van der Waals surface area contributed by atoms with Crippen molar-refractivity contribution in [1.29, 1.82) is 0 Å². The van der Waals surface area contributed by atoms with Crippen LogP contribution in [0.4, 0.5) is 5.69 Å². The first-order valence-corrected chi connectivity index (χ1v) is 7.79. The molecule has 0 radical (unpaired) electrons. The molecule has 24 heavy (non-hydrogen) atoms. The van der Waals surface area contributed by atoms with Gasteiger partial charge in [-0.1, -0.05) is 35.2 Å². The number of hydrogen-bond donors (Lipinski definition) is 1. The molecule has 1 heterocycles. The Morgan fingerprint density at radius 2 is 1.92 bits per heavy atom. The van der Waals surface area contributed by atoms with Crippen molar-refractivity contribution in [2.24, 2.45) is 0 Å². The highest BCUT2D eigenvalue weighted by atomic mass is 16.5. The molecule has 0 aromatic heterocycles. The molecule has 4 nitrogen and oxygen atoms in total. The Morgan fingerprint density at radius 1 is 1.21 bits per heavy atom. The first kappa shape index (κ1) is 15.9. The summed E-state index contributed by atoms with van der Waals surface area (Å²) < 4.78 is 5.89. The number of anilines is 1. The zero-order chi connectivity index (χ0) is 17.3. The fourth-order valence-corrected chi connectivity index (χ4v) is 3.10. The molecule has 0 spiro atoms. The lowest BCUT2D eigenvalue weighted by atomic mass is 10.0. The fraction of sp³-hybridized carbons (Fsp3) is 0.250. The van der Waals surface area contributed by atoms with E-state index < -0.39 is 6.10 Å². The van der Waals surface area contributed by atoms with E-state index in [9.17, 15) is 9.90 Å². The number of amides is 1. The highest BCUT2D eigenvalue weighted by Crippen LogP contribution is 2.37. The Balaban J connectivity index is 1.94. The third kappa shape index (κ3) is 3.07. The van der Waals surface area contributed by atoms with E-state index >= 15 is 0 Å². The molecular formula is C20H19NO3. The molecule has 0 saturated heterocycles. The summed E-state index contributed by atoms with van der Waals surface area (Å²) in [6, 6.07) is 10.9. The lowest BCUT2D eigenvalue weighted by molar-refractivity contribution is -0.126. The summed E-state index contributed by atoms with van der Waals surface area (Å²) in [7, 11) is 0. The van der Waals surface area contributed by atoms with Gasteiger partial charge in [0.2, 0.25) is 0 Å². The number of rotatable bonds is 3. The van der Waals surface area contributed by atoms with Crippen molar-refractivity contribution < 1.29 is 14.6 Å². The molecule has 1 aliphatic rings. The second-order valence-corrected chi connectivity index (χ2v) is 6.09. The smallest absolute Gasteiger partial charge is 0.269 e. The zero-order valence-electron chi connectivity index (χ0n) is 13.7. The molecule has 122 valence electrons. The van der Waals surface area contributed by atoms with Gasteiger partial charge in [-0.25, -0.2) is 0 Å². The predicted molar refractivity (Wildman–Crippen MR) is 93.3 cm³/mol. The van der Waals surface area contributed by atoms with E-state index in [1.807, 2.05) is 13.8 Å². The average Bonchev–Trinajstić information content (AvgIpc) is 2.51. The van der Waals surface area contributed by atoms with Crippen LogP contribution in [0.15, 0.2) is 36.4 Å². The summed E-state index contributed by atoms with van der Waals surface area (Å²) in [6.45, 7) is 4.20. The maximum Gasteiger partial charge on any atom is 0.269 e. The minimum atomic E-state index is -0.628. The third-order valence-electron chi connectivity index (χ3n) is 4.00. The van der Waals surface area contributed by atoms with Gasteiger partial charge in [0, 0.05) is 12.5 Å². The Bertz CT molecular complexity index is 815. The van der Waals surface area contributed by atoms with E-state index in [0.717, 1.165) is 16.7 Å². The number of carbonyl (C=O) groups excluding carboxylic acids is 1. The number of carbonyl (C=O) groups is 1. The number of phenols is 1. The van der Waals surface area contributed by atoms with E-state index in [1.165, 1.54) is 17.0 Å². The number of aromatic hydroxyl groups is 1. The molecule has 4 heteroatoms. The minimum Gasteiger partial charge on any atom is -0.508 e. The van der Waals surface area contributed by atoms with Crippen molar-refractivity contribution in [1.82, 2.24) is 0 Å². The Kier molecular flexibility index (Phi) is 4.18. The lowest BCUT2D eigenvalue weighted by Crippen LogP contribution is -2.47. The van der Waals surface area contributed by atoms with Crippen molar-refractivity contribution in [3.05, 3.63) is 53.1 Å². The van der Waals surface area contributed by atoms with Crippen molar-refractivity contribution in [2.45, 2.75) is 26.4 Å². The summed E-state index contributed by atoms with van der Waals surface area (Å²) in [5.41, 5.74) is 3.86. The maximum absolute atomic E-state index is 12.8. The molecule has 0 aliphatic carbocycles. The van der Waals surface area contributed by atoms with Gasteiger partial charge in [-0.3, -0.25) is 9.69 Å². The van der Waals surface area contributed by atoms with E-state index in [0.29, 0.717) is 17.9 Å². The monoisotopic (exact) mass is 321 g/mol. The number of phenolic OH excluding ortho intramolecular Hbond substituents is 1. The predicted octanol–water partition coefficient (Wildman–Crippen LogP) is 2.98. The number of aryl methyl sites for hydroxylation is 2. The van der Waals surface area contributed by atoms with Crippen LogP contribution in [0.5, 0.6) is 11.5 Å². The van der Waals surface area contributed by atoms with E-state index in [2.05, 4.69) is 24.1 Å². The maximum atomic E-state index is 12.8. The second-order valence-electron chi connectivity index (χ2n) is 6.09. The number of hydrogen-bond acceptors (Lipinski definition) is 3. The molecule has 1 unspecified atom stereocenters. The van der Waals surface area contributed by atoms with Crippen molar-refractivity contribution >= 4 is 11.6 Å². The molecule has 1 atom stereocenters. The number of benzene rings is 2. The summed E-state index contributed by atoms with van der Waals surface area (Å²) in [4.78, 5) is 14.3. The molecule has 2 aromatic rings. The quantitative estimate of drug-likeness (QED) is 0.884. The largest absolute Gasteiger partial charge is 0.508 e. The highest BCUT2D eigenvalue weighted by Gasteiger charge is 2.34. The second kappa shape index (κ2) is 6.29. The summed E-state index contributed by atoms with van der Waals surface area (Å²) >= 11 is 0. The van der Waals surface area contributed by atoms with Crippen LogP contribution in [0.2, 0.25) is 0 Å². The molecule has 1 amide bonds. The van der Waals surface area contributed by atoms with Crippen LogP contribution in [0.3, 0.4) is 0 Å². The van der Waals surface area contributed by atoms with Crippen LogP contribution >= 0.6 is 0 Å². The van der Waals surface area contributed by atoms with Gasteiger partial charge >= 0.3 is 0 Å². The SMILES string of the molecule is C#CCN1C(=O)C(Cc2cc(C)cc(C)c2)Oc2ccc(O)cc21. The van der Waals surface area contributed by atoms with Crippen LogP contribution in [0.25, 0.3) is 0 Å². The normalized spacial score (nSPS) is 16.3. The van der Waals surface area contributed by atoms with Gasteiger partial charge in [0.15, 0.2) is 6.10 Å². The number of fused-ring (bicyclic) bond motifs is 1. The third-order valence-corrected chi connectivity index (χ3v) is 4.00. The van der Waals surface area contributed by atoms with Crippen molar-refractivity contribution in [3.8, 4) is 23.8 Å². The molecular weight excluding hydrogens is 302 g/mol. The topological polar surface area (TPSA) is 49.8 Å². The van der Waals surface area contributed by atoms with Crippen molar-refractivity contribution in [2.75, 3.05) is 11.4 Å². The lowest BCUT2D eigenvalue weighted by Gasteiger charge is -2.33. The molecule has 1 N–H and O–H groups in total. The molecule has 3 rings (SSSR count). The molecule has 2 aromatic carbocycles. The van der Waals surface area contributed by atoms with Crippen LogP contribution in [0, 0.1) is 26.2 Å². The minimum absolute atomic E-state index is 0.0694. The van der Waals surface area contributed by atoms with Gasteiger partial charge in [-0.2, -0.15) is 0 Å². The van der Waals surface area contributed by atoms with Gasteiger partial charge in [0.25, 0.3) is 5.91 Å². The van der Waals surface area contributed by atoms with Crippen molar-refractivity contribution in [3.63, 3.8) is 0 Å².